The largest absolute Gasteiger partial charge is 0.355 e. The molecule has 106 valence electrons. The van der Waals surface area contributed by atoms with Crippen molar-refractivity contribution >= 4 is 5.82 Å². The summed E-state index contributed by atoms with van der Waals surface area (Å²) < 4.78 is 0. The lowest BCUT2D eigenvalue weighted by Crippen LogP contribution is -2.22. The molecule has 0 atom stereocenters. The van der Waals surface area contributed by atoms with Crippen LogP contribution < -0.4 is 10.2 Å². The Labute approximate surface area is 120 Å². The monoisotopic (exact) mass is 270 g/mol. The standard InChI is InChI=1S/C16H22N4/c1-12-9-13(2)19-16(15(12)10-17-3)20(4)11-14-5-7-18-8-6-14/h5-9,17H,10-11H2,1-4H3. The molecule has 0 saturated carbocycles. The summed E-state index contributed by atoms with van der Waals surface area (Å²) >= 11 is 0. The fraction of sp³-hybridized carbons (Fsp3) is 0.375. The lowest BCUT2D eigenvalue weighted by Gasteiger charge is -2.23. The van der Waals surface area contributed by atoms with Crippen LogP contribution in [0.3, 0.4) is 0 Å². The van der Waals surface area contributed by atoms with Gasteiger partial charge in [-0.15, -0.1) is 0 Å². The van der Waals surface area contributed by atoms with E-state index in [-0.39, 0.29) is 0 Å². The Kier molecular flexibility index (Phi) is 4.69. The highest BCUT2D eigenvalue weighted by Gasteiger charge is 2.12. The first-order valence-electron chi connectivity index (χ1n) is 6.83. The lowest BCUT2D eigenvalue weighted by molar-refractivity contribution is 0.786. The molecule has 0 saturated heterocycles. The van der Waals surface area contributed by atoms with E-state index in [2.05, 4.69) is 35.2 Å². The van der Waals surface area contributed by atoms with Gasteiger partial charge in [0.25, 0.3) is 0 Å². The quantitative estimate of drug-likeness (QED) is 0.906. The van der Waals surface area contributed by atoms with Gasteiger partial charge in [-0.1, -0.05) is 0 Å². The maximum absolute atomic E-state index is 4.72. The zero-order valence-corrected chi connectivity index (χ0v) is 12.6. The third kappa shape index (κ3) is 3.33. The van der Waals surface area contributed by atoms with Gasteiger partial charge in [-0.25, -0.2) is 4.98 Å². The number of aryl methyl sites for hydroxylation is 2. The smallest absolute Gasteiger partial charge is 0.133 e. The first kappa shape index (κ1) is 14.5. The van der Waals surface area contributed by atoms with Gasteiger partial charge >= 0.3 is 0 Å². The molecule has 1 N–H and O–H groups in total. The minimum Gasteiger partial charge on any atom is -0.355 e. The van der Waals surface area contributed by atoms with E-state index in [0.717, 1.165) is 24.6 Å². The molecule has 0 radical (unpaired) electrons. The van der Waals surface area contributed by atoms with Gasteiger partial charge in [0.2, 0.25) is 0 Å². The third-order valence-corrected chi connectivity index (χ3v) is 3.34. The van der Waals surface area contributed by atoms with E-state index in [1.54, 1.807) is 0 Å². The third-order valence-electron chi connectivity index (χ3n) is 3.34. The first-order valence-corrected chi connectivity index (χ1v) is 6.83. The summed E-state index contributed by atoms with van der Waals surface area (Å²) in [7, 11) is 4.05. The van der Waals surface area contributed by atoms with Crippen molar-refractivity contribution in [1.29, 1.82) is 0 Å². The molecule has 2 aromatic heterocycles. The van der Waals surface area contributed by atoms with Gasteiger partial charge in [0.15, 0.2) is 0 Å². The summed E-state index contributed by atoms with van der Waals surface area (Å²) in [6.07, 6.45) is 3.65. The van der Waals surface area contributed by atoms with Crippen LogP contribution in [0, 0.1) is 13.8 Å². The number of aromatic nitrogens is 2. The number of pyridine rings is 2. The number of nitrogens with one attached hydrogen (secondary N) is 1. The summed E-state index contributed by atoms with van der Waals surface area (Å²) in [6.45, 7) is 5.84. The second-order valence-electron chi connectivity index (χ2n) is 5.12. The molecular weight excluding hydrogens is 248 g/mol. The Hall–Kier alpha value is -1.94. The van der Waals surface area contributed by atoms with Crippen molar-refractivity contribution in [3.63, 3.8) is 0 Å². The zero-order valence-electron chi connectivity index (χ0n) is 12.6. The van der Waals surface area contributed by atoms with Crippen LogP contribution >= 0.6 is 0 Å². The molecule has 0 bridgehead atoms. The minimum absolute atomic E-state index is 0.828. The molecule has 0 aliphatic rings. The Morgan fingerprint density at radius 3 is 2.55 bits per heavy atom. The fourth-order valence-corrected chi connectivity index (χ4v) is 2.39. The second kappa shape index (κ2) is 6.48. The van der Waals surface area contributed by atoms with Crippen molar-refractivity contribution in [2.24, 2.45) is 0 Å². The number of nitrogens with zero attached hydrogens (tertiary/aromatic N) is 3. The molecule has 2 heterocycles. The molecule has 20 heavy (non-hydrogen) atoms. The number of rotatable bonds is 5. The molecule has 0 spiro atoms. The van der Waals surface area contributed by atoms with Crippen LogP contribution in [0.2, 0.25) is 0 Å². The Morgan fingerprint density at radius 2 is 1.90 bits per heavy atom. The highest BCUT2D eigenvalue weighted by molar-refractivity contribution is 5.51. The van der Waals surface area contributed by atoms with Crippen LogP contribution in [0.5, 0.6) is 0 Å². The van der Waals surface area contributed by atoms with E-state index in [9.17, 15) is 0 Å². The van der Waals surface area contributed by atoms with Crippen LogP contribution in [-0.2, 0) is 13.1 Å². The molecule has 0 aromatic carbocycles. The number of anilines is 1. The second-order valence-corrected chi connectivity index (χ2v) is 5.12. The predicted molar refractivity (Wildman–Crippen MR) is 82.8 cm³/mol. The van der Waals surface area contributed by atoms with Gasteiger partial charge in [-0.3, -0.25) is 4.98 Å². The van der Waals surface area contributed by atoms with Crippen LogP contribution in [0.1, 0.15) is 22.4 Å². The van der Waals surface area contributed by atoms with E-state index in [0.29, 0.717) is 0 Å². The lowest BCUT2D eigenvalue weighted by atomic mass is 10.1. The zero-order chi connectivity index (χ0) is 14.5. The highest BCUT2D eigenvalue weighted by Crippen LogP contribution is 2.23. The molecular formula is C16H22N4. The summed E-state index contributed by atoms with van der Waals surface area (Å²) in [5.74, 6) is 1.05. The molecule has 0 aliphatic heterocycles. The maximum atomic E-state index is 4.72. The van der Waals surface area contributed by atoms with Crippen molar-refractivity contribution < 1.29 is 0 Å². The summed E-state index contributed by atoms with van der Waals surface area (Å²) in [6, 6.07) is 6.21. The Bertz CT molecular complexity index is 566. The molecule has 0 aliphatic carbocycles. The first-order chi connectivity index (χ1) is 9.61. The molecule has 0 fully saturated rings. The van der Waals surface area contributed by atoms with Crippen molar-refractivity contribution in [3.8, 4) is 0 Å². The van der Waals surface area contributed by atoms with E-state index in [1.807, 2.05) is 38.5 Å². The SMILES string of the molecule is CNCc1c(C)cc(C)nc1N(C)Cc1ccncc1. The molecule has 2 rings (SSSR count). The van der Waals surface area contributed by atoms with Gasteiger partial charge in [0.1, 0.15) is 5.82 Å². The number of hydrogen-bond donors (Lipinski definition) is 1. The van der Waals surface area contributed by atoms with Gasteiger partial charge in [-0.05, 0) is 50.2 Å². The van der Waals surface area contributed by atoms with Crippen molar-refractivity contribution in [1.82, 2.24) is 15.3 Å². The summed E-state index contributed by atoms with van der Waals surface area (Å²) in [4.78, 5) is 11.0. The van der Waals surface area contributed by atoms with Crippen LogP contribution in [0.4, 0.5) is 5.82 Å². The van der Waals surface area contributed by atoms with Crippen LogP contribution in [-0.4, -0.2) is 24.1 Å². The Balaban J connectivity index is 2.30. The molecule has 0 amide bonds. The van der Waals surface area contributed by atoms with E-state index < -0.39 is 0 Å². The van der Waals surface area contributed by atoms with Crippen molar-refractivity contribution in [2.45, 2.75) is 26.9 Å². The minimum atomic E-state index is 0.828. The summed E-state index contributed by atoms with van der Waals surface area (Å²) in [5, 5.41) is 3.23. The number of hydrogen-bond acceptors (Lipinski definition) is 4. The topological polar surface area (TPSA) is 41.1 Å². The van der Waals surface area contributed by atoms with Gasteiger partial charge < -0.3 is 10.2 Å². The molecule has 2 aromatic rings. The average Bonchev–Trinajstić information content (AvgIpc) is 2.42. The van der Waals surface area contributed by atoms with Crippen molar-refractivity contribution in [3.05, 3.63) is 53.0 Å². The average molecular weight is 270 g/mol. The van der Waals surface area contributed by atoms with E-state index >= 15 is 0 Å². The summed E-state index contributed by atoms with van der Waals surface area (Å²) in [5.41, 5.74) is 4.83. The highest BCUT2D eigenvalue weighted by atomic mass is 15.2. The fourth-order valence-electron chi connectivity index (χ4n) is 2.39. The van der Waals surface area contributed by atoms with Gasteiger partial charge in [0, 0.05) is 43.8 Å². The molecule has 0 unspecified atom stereocenters. The maximum Gasteiger partial charge on any atom is 0.133 e. The molecule has 4 nitrogen and oxygen atoms in total. The Morgan fingerprint density at radius 1 is 1.20 bits per heavy atom. The van der Waals surface area contributed by atoms with Crippen LogP contribution in [0.25, 0.3) is 0 Å². The van der Waals surface area contributed by atoms with Gasteiger partial charge in [-0.2, -0.15) is 0 Å². The van der Waals surface area contributed by atoms with E-state index in [4.69, 9.17) is 4.98 Å². The van der Waals surface area contributed by atoms with Crippen LogP contribution in [0.15, 0.2) is 30.6 Å². The predicted octanol–water partition coefficient (Wildman–Crippen LogP) is 2.45. The van der Waals surface area contributed by atoms with Gasteiger partial charge in [0.05, 0.1) is 0 Å². The molecule has 4 heteroatoms. The van der Waals surface area contributed by atoms with Crippen molar-refractivity contribution in [2.75, 3.05) is 19.0 Å². The van der Waals surface area contributed by atoms with E-state index in [1.165, 1.54) is 16.7 Å². The normalized spacial score (nSPS) is 10.6.